The number of sulfone groups is 1. The molecule has 3 rings (SSSR count). The largest absolute Gasteiger partial charge is 0.496 e. The number of nitrogens with zero attached hydrogens (tertiary/aromatic N) is 2. The van der Waals surface area contributed by atoms with Gasteiger partial charge in [0.1, 0.15) is 5.75 Å². The van der Waals surface area contributed by atoms with E-state index in [1.165, 1.54) is 11.1 Å². The Bertz CT molecular complexity index is 730. The maximum absolute atomic E-state index is 12.5. The third-order valence-corrected chi connectivity index (χ3v) is 7.88. The molecule has 5 nitrogen and oxygen atoms in total. The molecule has 2 aliphatic rings. The van der Waals surface area contributed by atoms with Gasteiger partial charge >= 0.3 is 0 Å². The number of hydrogen-bond donors (Lipinski definition) is 0. The molecule has 24 heavy (non-hydrogen) atoms. The Morgan fingerprint density at radius 2 is 1.92 bits per heavy atom. The number of fused-ring (bicyclic) bond motifs is 1. The van der Waals surface area contributed by atoms with Crippen LogP contribution in [0, 0.1) is 19.8 Å². The maximum atomic E-state index is 12.5. The Hall–Kier alpha value is -1.11. The van der Waals surface area contributed by atoms with E-state index in [4.69, 9.17) is 4.74 Å². The van der Waals surface area contributed by atoms with E-state index in [1.807, 2.05) is 21.0 Å². The van der Waals surface area contributed by atoms with E-state index < -0.39 is 9.84 Å². The molecule has 0 spiro atoms. The lowest BCUT2D eigenvalue weighted by molar-refractivity contribution is 0.229. The first-order valence-electron chi connectivity index (χ1n) is 8.47. The summed E-state index contributed by atoms with van der Waals surface area (Å²) in [5.41, 5.74) is 3.57. The second-order valence-corrected chi connectivity index (χ2v) is 9.77. The zero-order chi connectivity index (χ0) is 17.6. The molecule has 2 aliphatic heterocycles. The van der Waals surface area contributed by atoms with Gasteiger partial charge in [-0.1, -0.05) is 6.07 Å². The summed E-state index contributed by atoms with van der Waals surface area (Å²) in [5.74, 6) is 1.44. The van der Waals surface area contributed by atoms with Crippen molar-refractivity contribution in [3.05, 3.63) is 28.8 Å². The lowest BCUT2D eigenvalue weighted by Gasteiger charge is -2.25. The molecule has 0 N–H and O–H groups in total. The van der Waals surface area contributed by atoms with E-state index in [0.29, 0.717) is 12.3 Å². The second kappa shape index (κ2) is 6.32. The third kappa shape index (κ3) is 3.07. The number of rotatable bonds is 4. The molecule has 0 aliphatic carbocycles. The number of aryl methyl sites for hydroxylation is 2. The zero-order valence-electron chi connectivity index (χ0n) is 15.2. The fourth-order valence-corrected chi connectivity index (χ4v) is 6.76. The molecule has 0 unspecified atom stereocenters. The van der Waals surface area contributed by atoms with Gasteiger partial charge in [-0.05, 0) is 50.7 Å². The van der Waals surface area contributed by atoms with E-state index in [9.17, 15) is 8.42 Å². The van der Waals surface area contributed by atoms with Gasteiger partial charge in [-0.3, -0.25) is 4.90 Å². The van der Waals surface area contributed by atoms with Gasteiger partial charge in [0, 0.05) is 31.6 Å². The molecule has 0 saturated carbocycles. The Labute approximate surface area is 145 Å². The molecule has 2 heterocycles. The van der Waals surface area contributed by atoms with Crippen LogP contribution in [0.25, 0.3) is 0 Å². The van der Waals surface area contributed by atoms with Crippen LogP contribution in [-0.2, 0) is 16.4 Å². The molecule has 3 atom stereocenters. The van der Waals surface area contributed by atoms with E-state index in [-0.39, 0.29) is 17.2 Å². The summed E-state index contributed by atoms with van der Waals surface area (Å²) in [5, 5.41) is -0.204. The molecule has 1 aromatic carbocycles. The predicted octanol–water partition coefficient (Wildman–Crippen LogP) is 1.47. The Morgan fingerprint density at radius 1 is 1.21 bits per heavy atom. The maximum Gasteiger partial charge on any atom is 0.156 e. The monoisotopic (exact) mass is 352 g/mol. The van der Waals surface area contributed by atoms with Gasteiger partial charge in [-0.15, -0.1) is 0 Å². The first-order valence-corrected chi connectivity index (χ1v) is 10.2. The standard InChI is InChI=1S/C18H28N2O3S/c1-12-7-17(23-5)13(2)6-14(12)8-20-9-15-16(19(3)4)11-24(21,22)18(15)10-20/h6-7,15-16,18H,8-11H2,1-5H3/t15-,16+,18-/m0/s1. The van der Waals surface area contributed by atoms with E-state index in [2.05, 4.69) is 28.9 Å². The summed E-state index contributed by atoms with van der Waals surface area (Å²) < 4.78 is 30.4. The Balaban J connectivity index is 1.79. The molecule has 1 aromatic rings. The van der Waals surface area contributed by atoms with Gasteiger partial charge in [0.05, 0.1) is 18.1 Å². The average Bonchev–Trinajstić information content (AvgIpc) is 3.01. The summed E-state index contributed by atoms with van der Waals surface area (Å²) in [6.07, 6.45) is 0. The van der Waals surface area contributed by atoms with Crippen LogP contribution in [-0.4, -0.2) is 69.6 Å². The quantitative estimate of drug-likeness (QED) is 0.821. The minimum Gasteiger partial charge on any atom is -0.496 e. The van der Waals surface area contributed by atoms with Gasteiger partial charge in [-0.2, -0.15) is 0 Å². The van der Waals surface area contributed by atoms with Crippen LogP contribution in [0.15, 0.2) is 12.1 Å². The summed E-state index contributed by atoms with van der Waals surface area (Å²) >= 11 is 0. The van der Waals surface area contributed by atoms with Crippen molar-refractivity contribution in [3.63, 3.8) is 0 Å². The molecule has 2 saturated heterocycles. The van der Waals surface area contributed by atoms with Crippen molar-refractivity contribution < 1.29 is 13.2 Å². The second-order valence-electron chi connectivity index (χ2n) is 7.51. The van der Waals surface area contributed by atoms with Crippen LogP contribution < -0.4 is 4.74 Å². The van der Waals surface area contributed by atoms with E-state index in [1.54, 1.807) is 7.11 Å². The van der Waals surface area contributed by atoms with Gasteiger partial charge < -0.3 is 9.64 Å². The first kappa shape index (κ1) is 17.7. The number of ether oxygens (including phenoxy) is 1. The smallest absolute Gasteiger partial charge is 0.156 e. The van der Waals surface area contributed by atoms with E-state index in [0.717, 1.165) is 24.4 Å². The highest BCUT2D eigenvalue weighted by Crippen LogP contribution is 2.37. The lowest BCUT2D eigenvalue weighted by Crippen LogP contribution is -2.37. The fraction of sp³-hybridized carbons (Fsp3) is 0.667. The zero-order valence-corrected chi connectivity index (χ0v) is 16.1. The van der Waals surface area contributed by atoms with Crippen molar-refractivity contribution in [1.82, 2.24) is 9.80 Å². The molecule has 2 fully saturated rings. The number of likely N-dealkylation sites (tertiary alicyclic amines) is 1. The minimum absolute atomic E-state index is 0.142. The van der Waals surface area contributed by atoms with Crippen LogP contribution >= 0.6 is 0 Å². The van der Waals surface area contributed by atoms with Crippen LogP contribution in [0.3, 0.4) is 0 Å². The summed E-state index contributed by atoms with van der Waals surface area (Å²) in [6, 6.07) is 4.38. The number of hydrogen-bond acceptors (Lipinski definition) is 5. The lowest BCUT2D eigenvalue weighted by atomic mass is 10.00. The molecule has 0 radical (unpaired) electrons. The van der Waals surface area contributed by atoms with Gasteiger partial charge in [0.15, 0.2) is 9.84 Å². The van der Waals surface area contributed by atoms with Crippen LogP contribution in [0.2, 0.25) is 0 Å². The third-order valence-electron chi connectivity index (χ3n) is 5.65. The molecule has 6 heteroatoms. The Kier molecular flexibility index (Phi) is 4.66. The van der Waals surface area contributed by atoms with Crippen molar-refractivity contribution in [1.29, 1.82) is 0 Å². The predicted molar refractivity (Wildman–Crippen MR) is 96.3 cm³/mol. The molecular formula is C18H28N2O3S. The van der Waals surface area contributed by atoms with Gasteiger partial charge in [0.2, 0.25) is 0 Å². The number of benzene rings is 1. The van der Waals surface area contributed by atoms with Crippen molar-refractivity contribution in [2.24, 2.45) is 5.92 Å². The normalized spacial score (nSPS) is 29.2. The highest BCUT2D eigenvalue weighted by Gasteiger charge is 2.52. The molecule has 0 aromatic heterocycles. The van der Waals surface area contributed by atoms with Crippen LogP contribution in [0.4, 0.5) is 0 Å². The molecular weight excluding hydrogens is 324 g/mol. The molecule has 0 bridgehead atoms. The molecule has 0 amide bonds. The van der Waals surface area contributed by atoms with Crippen molar-refractivity contribution in [2.45, 2.75) is 31.7 Å². The van der Waals surface area contributed by atoms with Crippen molar-refractivity contribution in [3.8, 4) is 5.75 Å². The van der Waals surface area contributed by atoms with Gasteiger partial charge in [0.25, 0.3) is 0 Å². The Morgan fingerprint density at radius 3 is 2.54 bits per heavy atom. The topological polar surface area (TPSA) is 49.9 Å². The minimum atomic E-state index is -2.98. The number of methoxy groups -OCH3 is 1. The first-order chi connectivity index (χ1) is 11.2. The van der Waals surface area contributed by atoms with Crippen molar-refractivity contribution >= 4 is 9.84 Å². The highest BCUT2D eigenvalue weighted by molar-refractivity contribution is 7.92. The van der Waals surface area contributed by atoms with Crippen molar-refractivity contribution in [2.75, 3.05) is 40.0 Å². The summed E-state index contributed by atoms with van der Waals surface area (Å²) in [4.78, 5) is 4.38. The SMILES string of the molecule is COc1cc(C)c(CN2C[C@H]3[C@H](N(C)C)CS(=O)(=O)[C@H]3C2)cc1C. The fourth-order valence-electron chi connectivity index (χ4n) is 4.26. The summed E-state index contributed by atoms with van der Waals surface area (Å²) in [7, 11) is 2.69. The molecule has 134 valence electrons. The van der Waals surface area contributed by atoms with Gasteiger partial charge in [-0.25, -0.2) is 8.42 Å². The average molecular weight is 353 g/mol. The van der Waals surface area contributed by atoms with Crippen LogP contribution in [0.1, 0.15) is 16.7 Å². The highest BCUT2D eigenvalue weighted by atomic mass is 32.2. The van der Waals surface area contributed by atoms with Crippen LogP contribution in [0.5, 0.6) is 5.75 Å². The van der Waals surface area contributed by atoms with E-state index >= 15 is 0 Å². The summed E-state index contributed by atoms with van der Waals surface area (Å²) in [6.45, 7) is 6.46.